The number of aromatic nitrogens is 3. The van der Waals surface area contributed by atoms with Crippen molar-refractivity contribution in [3.63, 3.8) is 0 Å². The van der Waals surface area contributed by atoms with Gasteiger partial charge in [-0.15, -0.1) is 0 Å². The first-order valence-corrected chi connectivity index (χ1v) is 9.36. The summed E-state index contributed by atoms with van der Waals surface area (Å²) in [6.07, 6.45) is -2.80. The van der Waals surface area contributed by atoms with Crippen molar-refractivity contribution < 1.29 is 27.6 Å². The minimum atomic E-state index is -4.51. The Labute approximate surface area is 178 Å². The Morgan fingerprint density at radius 2 is 2.06 bits per heavy atom. The highest BCUT2D eigenvalue weighted by molar-refractivity contribution is 6.33. The minimum Gasteiger partial charge on any atom is -0.443 e. The first-order valence-electron chi connectivity index (χ1n) is 8.99. The summed E-state index contributed by atoms with van der Waals surface area (Å²) in [6, 6.07) is 7.91. The molecule has 3 aromatic rings. The number of ether oxygens (including phenoxy) is 2. The summed E-state index contributed by atoms with van der Waals surface area (Å²) in [4.78, 5) is 17.8. The quantitative estimate of drug-likeness (QED) is 0.416. The lowest BCUT2D eigenvalue weighted by atomic mass is 10.1. The van der Waals surface area contributed by atoms with Gasteiger partial charge in [-0.05, 0) is 16.6 Å². The standard InChI is InChI=1S/C19H14ClF3N4O4/c20-15-5-13(19(21,22)23)6-24-17(15)12-3-1-11(2-4-12)9-30-14-7-26-8-16(27(28)29)25-18(26)31-10-14/h1-6,8,14H,7,9-10H2/t14-/m0/s1. The second kappa shape index (κ2) is 8.16. The molecule has 3 heterocycles. The predicted octanol–water partition coefficient (Wildman–Crippen LogP) is 4.50. The van der Waals surface area contributed by atoms with Crippen LogP contribution in [0, 0.1) is 10.1 Å². The van der Waals surface area contributed by atoms with E-state index < -0.39 is 16.7 Å². The van der Waals surface area contributed by atoms with Gasteiger partial charge < -0.3 is 19.6 Å². The molecule has 1 aliphatic heterocycles. The molecule has 0 aliphatic carbocycles. The Morgan fingerprint density at radius 3 is 2.71 bits per heavy atom. The van der Waals surface area contributed by atoms with Gasteiger partial charge >= 0.3 is 18.0 Å². The molecule has 0 bridgehead atoms. The maximum Gasteiger partial charge on any atom is 0.417 e. The number of rotatable bonds is 5. The van der Waals surface area contributed by atoms with Crippen molar-refractivity contribution in [3.8, 4) is 17.3 Å². The number of nitrogens with zero attached hydrogens (tertiary/aromatic N) is 4. The van der Waals surface area contributed by atoms with Crippen molar-refractivity contribution in [3.05, 3.63) is 69.0 Å². The molecule has 0 saturated heterocycles. The van der Waals surface area contributed by atoms with Crippen molar-refractivity contribution in [2.24, 2.45) is 0 Å². The van der Waals surface area contributed by atoms with Crippen molar-refractivity contribution in [1.82, 2.24) is 14.5 Å². The molecule has 0 unspecified atom stereocenters. The predicted molar refractivity (Wildman–Crippen MR) is 103 cm³/mol. The number of imidazole rings is 1. The van der Waals surface area contributed by atoms with Gasteiger partial charge in [0.05, 0.1) is 29.4 Å². The Balaban J connectivity index is 1.39. The molecule has 12 heteroatoms. The van der Waals surface area contributed by atoms with Crippen LogP contribution in [0.15, 0.2) is 42.7 Å². The number of hydrogen-bond donors (Lipinski definition) is 0. The molecule has 0 spiro atoms. The molecule has 2 aromatic heterocycles. The normalized spacial score (nSPS) is 15.9. The van der Waals surface area contributed by atoms with Crippen LogP contribution in [-0.2, 0) is 24.1 Å². The fourth-order valence-corrected chi connectivity index (χ4v) is 3.31. The summed E-state index contributed by atoms with van der Waals surface area (Å²) in [6.45, 7) is 0.811. The number of alkyl halides is 3. The van der Waals surface area contributed by atoms with Gasteiger partial charge in [-0.2, -0.15) is 13.2 Å². The van der Waals surface area contributed by atoms with Crippen molar-refractivity contribution in [1.29, 1.82) is 0 Å². The average molecular weight is 455 g/mol. The van der Waals surface area contributed by atoms with Gasteiger partial charge in [-0.3, -0.25) is 9.55 Å². The molecular formula is C19H14ClF3N4O4. The van der Waals surface area contributed by atoms with E-state index in [1.807, 2.05) is 0 Å². The van der Waals surface area contributed by atoms with Gasteiger partial charge in [-0.1, -0.05) is 35.9 Å². The Hall–Kier alpha value is -3.18. The van der Waals surface area contributed by atoms with Crippen LogP contribution in [0.2, 0.25) is 5.02 Å². The summed E-state index contributed by atoms with van der Waals surface area (Å²) in [7, 11) is 0. The monoisotopic (exact) mass is 454 g/mol. The lowest BCUT2D eigenvalue weighted by Crippen LogP contribution is -2.32. The van der Waals surface area contributed by atoms with Crippen molar-refractivity contribution >= 4 is 17.4 Å². The first kappa shape index (κ1) is 21.1. The van der Waals surface area contributed by atoms with Crippen LogP contribution in [0.1, 0.15) is 11.1 Å². The van der Waals surface area contributed by atoms with E-state index in [-0.39, 0.29) is 41.9 Å². The second-order valence-electron chi connectivity index (χ2n) is 6.78. The van der Waals surface area contributed by atoms with Crippen LogP contribution >= 0.6 is 11.6 Å². The number of nitro groups is 1. The van der Waals surface area contributed by atoms with E-state index >= 15 is 0 Å². The number of fused-ring (bicyclic) bond motifs is 1. The van der Waals surface area contributed by atoms with Crippen molar-refractivity contribution in [2.75, 3.05) is 6.61 Å². The van der Waals surface area contributed by atoms with Crippen LogP contribution in [0.5, 0.6) is 6.01 Å². The third-order valence-corrected chi connectivity index (χ3v) is 4.88. The summed E-state index contributed by atoms with van der Waals surface area (Å²) in [5, 5.41) is 10.7. The maximum absolute atomic E-state index is 12.8. The summed E-state index contributed by atoms with van der Waals surface area (Å²) in [5.41, 5.74) is 0.720. The molecule has 1 aliphatic rings. The highest BCUT2D eigenvalue weighted by Gasteiger charge is 2.32. The van der Waals surface area contributed by atoms with Gasteiger partial charge in [0.1, 0.15) is 18.9 Å². The molecule has 0 saturated carbocycles. The molecule has 1 atom stereocenters. The average Bonchev–Trinajstić information content (AvgIpc) is 3.16. The van der Waals surface area contributed by atoms with Gasteiger partial charge in [0.25, 0.3) is 0 Å². The summed E-state index contributed by atoms with van der Waals surface area (Å²) < 4.78 is 51.0. The largest absolute Gasteiger partial charge is 0.443 e. The first-order chi connectivity index (χ1) is 14.7. The molecule has 0 radical (unpaired) electrons. The summed E-state index contributed by atoms with van der Waals surface area (Å²) in [5.74, 6) is -0.290. The zero-order valence-electron chi connectivity index (χ0n) is 15.7. The zero-order valence-corrected chi connectivity index (χ0v) is 16.4. The molecular weight excluding hydrogens is 441 g/mol. The third kappa shape index (κ3) is 4.62. The molecule has 0 N–H and O–H groups in total. The van der Waals surface area contributed by atoms with E-state index in [9.17, 15) is 23.3 Å². The number of pyridine rings is 1. The number of hydrogen-bond acceptors (Lipinski definition) is 6. The minimum absolute atomic E-state index is 0.0941. The lowest BCUT2D eigenvalue weighted by Gasteiger charge is -2.22. The van der Waals surface area contributed by atoms with Crippen LogP contribution < -0.4 is 4.74 Å². The zero-order chi connectivity index (χ0) is 22.2. The maximum atomic E-state index is 12.8. The van der Waals surface area contributed by atoms with E-state index in [2.05, 4.69) is 9.97 Å². The van der Waals surface area contributed by atoms with E-state index in [1.54, 1.807) is 24.3 Å². The smallest absolute Gasteiger partial charge is 0.417 e. The Morgan fingerprint density at radius 1 is 1.32 bits per heavy atom. The molecule has 162 valence electrons. The van der Waals surface area contributed by atoms with E-state index in [4.69, 9.17) is 21.1 Å². The lowest BCUT2D eigenvalue weighted by molar-refractivity contribution is -0.389. The van der Waals surface area contributed by atoms with Gasteiger partial charge in [0.2, 0.25) is 0 Å². The van der Waals surface area contributed by atoms with E-state index in [0.717, 1.165) is 17.8 Å². The van der Waals surface area contributed by atoms with E-state index in [0.29, 0.717) is 12.1 Å². The molecule has 0 amide bonds. The second-order valence-corrected chi connectivity index (χ2v) is 7.19. The van der Waals surface area contributed by atoms with Gasteiger partial charge in [0.15, 0.2) is 0 Å². The van der Waals surface area contributed by atoms with Crippen LogP contribution in [-0.4, -0.2) is 32.2 Å². The topological polar surface area (TPSA) is 92.3 Å². The van der Waals surface area contributed by atoms with Crippen LogP contribution in [0.4, 0.5) is 19.0 Å². The highest BCUT2D eigenvalue weighted by Crippen LogP contribution is 2.34. The van der Waals surface area contributed by atoms with Crippen LogP contribution in [0.3, 0.4) is 0 Å². The molecule has 1 aromatic carbocycles. The van der Waals surface area contributed by atoms with Gasteiger partial charge in [-0.25, -0.2) is 0 Å². The number of halogens is 4. The molecule has 8 nitrogen and oxygen atoms in total. The Kier molecular flexibility index (Phi) is 5.54. The Bertz CT molecular complexity index is 1120. The number of benzene rings is 1. The molecule has 0 fully saturated rings. The molecule has 4 rings (SSSR count). The van der Waals surface area contributed by atoms with Crippen molar-refractivity contribution in [2.45, 2.75) is 25.4 Å². The van der Waals surface area contributed by atoms with Crippen LogP contribution in [0.25, 0.3) is 11.3 Å². The molecule has 31 heavy (non-hydrogen) atoms. The SMILES string of the molecule is O=[N+]([O-])c1cn2c(n1)OC[C@@H](OCc1ccc(-c3ncc(C(F)(F)F)cc3Cl)cc1)C2. The summed E-state index contributed by atoms with van der Waals surface area (Å²) >= 11 is 5.98. The highest BCUT2D eigenvalue weighted by atomic mass is 35.5. The fraction of sp³-hybridized carbons (Fsp3) is 0.263. The fourth-order valence-electron chi connectivity index (χ4n) is 3.04. The van der Waals surface area contributed by atoms with E-state index in [1.165, 1.54) is 10.8 Å². The third-order valence-electron chi connectivity index (χ3n) is 4.59. The van der Waals surface area contributed by atoms with Gasteiger partial charge in [0, 0.05) is 16.7 Å².